The van der Waals surface area contributed by atoms with Gasteiger partial charge in [0.15, 0.2) is 0 Å². The standard InChI is InChI=1S/C18H20FN3OS/c1-10(2)22-8-7-13-14(9-22)24-18-15(13)17(23)20-16(21-18)11-3-5-12(19)6-4-11/h3-6,10,16,21H,7-9H2,1-2H3,(H,20,23)/p+1/t16-/m0/s1. The van der Waals surface area contributed by atoms with E-state index >= 15 is 0 Å². The molecule has 0 fully saturated rings. The molecule has 2 aliphatic rings. The number of carbonyl (C=O) groups is 1. The molecule has 0 spiro atoms. The van der Waals surface area contributed by atoms with E-state index in [1.54, 1.807) is 28.4 Å². The lowest BCUT2D eigenvalue weighted by molar-refractivity contribution is -0.936. The number of nitrogens with one attached hydrogen (secondary N) is 3. The monoisotopic (exact) mass is 346 g/mol. The van der Waals surface area contributed by atoms with Crippen molar-refractivity contribution >= 4 is 22.2 Å². The van der Waals surface area contributed by atoms with E-state index in [0.29, 0.717) is 6.04 Å². The number of hydrogen-bond acceptors (Lipinski definition) is 3. The second-order valence-corrected chi connectivity index (χ2v) is 7.91. The van der Waals surface area contributed by atoms with Crippen molar-refractivity contribution in [2.24, 2.45) is 0 Å². The Morgan fingerprint density at radius 3 is 2.71 bits per heavy atom. The van der Waals surface area contributed by atoms with Crippen molar-refractivity contribution in [3.8, 4) is 0 Å². The van der Waals surface area contributed by atoms with Gasteiger partial charge < -0.3 is 15.5 Å². The number of hydrogen-bond donors (Lipinski definition) is 3. The Balaban J connectivity index is 1.65. The van der Waals surface area contributed by atoms with Gasteiger partial charge in [-0.1, -0.05) is 12.1 Å². The molecule has 1 unspecified atom stereocenters. The van der Waals surface area contributed by atoms with Crippen LogP contribution in [0.15, 0.2) is 24.3 Å². The number of amides is 1. The molecule has 6 heteroatoms. The molecule has 0 bridgehead atoms. The molecule has 24 heavy (non-hydrogen) atoms. The van der Waals surface area contributed by atoms with Crippen molar-refractivity contribution in [3.63, 3.8) is 0 Å². The van der Waals surface area contributed by atoms with Crippen LogP contribution in [0.1, 0.15) is 46.4 Å². The number of anilines is 1. The topological polar surface area (TPSA) is 45.6 Å². The van der Waals surface area contributed by atoms with Gasteiger partial charge in [0, 0.05) is 6.42 Å². The number of carbonyl (C=O) groups excluding carboxylic acids is 1. The third-order valence-corrected chi connectivity index (χ3v) is 6.14. The fourth-order valence-electron chi connectivity index (χ4n) is 3.53. The number of thiophene rings is 1. The predicted molar refractivity (Wildman–Crippen MR) is 92.9 cm³/mol. The first-order chi connectivity index (χ1) is 11.5. The Kier molecular flexibility index (Phi) is 3.81. The lowest BCUT2D eigenvalue weighted by Gasteiger charge is -2.28. The number of halogens is 1. The minimum Gasteiger partial charge on any atom is -0.353 e. The Hall–Kier alpha value is -1.92. The molecule has 4 nitrogen and oxygen atoms in total. The summed E-state index contributed by atoms with van der Waals surface area (Å²) >= 11 is 1.70. The van der Waals surface area contributed by atoms with Crippen LogP contribution in [0.2, 0.25) is 0 Å². The van der Waals surface area contributed by atoms with Crippen LogP contribution >= 0.6 is 11.3 Å². The zero-order valence-corrected chi connectivity index (χ0v) is 14.6. The molecule has 0 aliphatic carbocycles. The summed E-state index contributed by atoms with van der Waals surface area (Å²) in [5, 5.41) is 7.37. The van der Waals surface area contributed by atoms with Crippen molar-refractivity contribution in [1.29, 1.82) is 0 Å². The summed E-state index contributed by atoms with van der Waals surface area (Å²) in [4.78, 5) is 15.5. The minimum absolute atomic E-state index is 0.0245. The van der Waals surface area contributed by atoms with Crippen LogP contribution in [0.5, 0.6) is 0 Å². The average Bonchev–Trinajstić information content (AvgIpc) is 2.93. The molecular formula is C18H21FN3OS+. The molecule has 1 aromatic heterocycles. The molecule has 4 rings (SSSR count). The third-order valence-electron chi connectivity index (χ3n) is 4.97. The van der Waals surface area contributed by atoms with Gasteiger partial charge in [-0.15, -0.1) is 11.3 Å². The van der Waals surface area contributed by atoms with Gasteiger partial charge in [0.2, 0.25) is 0 Å². The van der Waals surface area contributed by atoms with E-state index in [2.05, 4.69) is 24.5 Å². The van der Waals surface area contributed by atoms with Crippen LogP contribution in [-0.2, 0) is 13.0 Å². The van der Waals surface area contributed by atoms with Gasteiger partial charge in [-0.2, -0.15) is 0 Å². The highest BCUT2D eigenvalue weighted by atomic mass is 32.1. The second-order valence-electron chi connectivity index (χ2n) is 6.80. The van der Waals surface area contributed by atoms with Gasteiger partial charge in [-0.25, -0.2) is 4.39 Å². The predicted octanol–water partition coefficient (Wildman–Crippen LogP) is 2.09. The summed E-state index contributed by atoms with van der Waals surface area (Å²) in [7, 11) is 0. The van der Waals surface area contributed by atoms with E-state index in [9.17, 15) is 9.18 Å². The Labute approximate surface area is 144 Å². The molecule has 3 heterocycles. The minimum atomic E-state index is -0.306. The molecule has 126 valence electrons. The van der Waals surface area contributed by atoms with Crippen molar-refractivity contribution in [2.75, 3.05) is 11.9 Å². The van der Waals surface area contributed by atoms with Gasteiger partial charge in [0.1, 0.15) is 23.5 Å². The highest BCUT2D eigenvalue weighted by Crippen LogP contribution is 2.39. The summed E-state index contributed by atoms with van der Waals surface area (Å²) in [6, 6.07) is 6.84. The van der Waals surface area contributed by atoms with Crippen molar-refractivity contribution < 1.29 is 14.1 Å². The highest BCUT2D eigenvalue weighted by molar-refractivity contribution is 7.16. The Morgan fingerprint density at radius 2 is 2.00 bits per heavy atom. The van der Waals surface area contributed by atoms with Crippen LogP contribution in [0.4, 0.5) is 9.39 Å². The lowest BCUT2D eigenvalue weighted by atomic mass is 9.99. The molecule has 0 saturated heterocycles. The number of fused-ring (bicyclic) bond motifs is 3. The van der Waals surface area contributed by atoms with Crippen molar-refractivity contribution in [2.45, 2.75) is 39.0 Å². The second kappa shape index (κ2) is 5.86. The van der Waals surface area contributed by atoms with E-state index in [-0.39, 0.29) is 17.9 Å². The van der Waals surface area contributed by atoms with Gasteiger partial charge in [-0.3, -0.25) is 4.79 Å². The van der Waals surface area contributed by atoms with Crippen LogP contribution in [-0.4, -0.2) is 18.5 Å². The smallest absolute Gasteiger partial charge is 0.256 e. The zero-order valence-electron chi connectivity index (χ0n) is 13.8. The third kappa shape index (κ3) is 2.59. The molecule has 0 radical (unpaired) electrons. The van der Waals surface area contributed by atoms with Gasteiger partial charge in [-0.05, 0) is 37.1 Å². The van der Waals surface area contributed by atoms with E-state index in [1.807, 2.05) is 0 Å². The fourth-order valence-corrected chi connectivity index (χ4v) is 4.85. The zero-order chi connectivity index (χ0) is 16.8. The molecular weight excluding hydrogens is 325 g/mol. The maximum absolute atomic E-state index is 13.1. The van der Waals surface area contributed by atoms with E-state index in [0.717, 1.165) is 35.6 Å². The normalized spacial score (nSPS) is 22.6. The molecule has 3 N–H and O–H groups in total. The van der Waals surface area contributed by atoms with E-state index < -0.39 is 0 Å². The van der Waals surface area contributed by atoms with Gasteiger partial charge in [0.25, 0.3) is 5.91 Å². The fraction of sp³-hybridized carbons (Fsp3) is 0.389. The molecule has 0 saturated carbocycles. The summed E-state index contributed by atoms with van der Waals surface area (Å²) in [5.41, 5.74) is 2.88. The SMILES string of the molecule is CC(C)[NH+]1CCc2c(sc3c2C(=O)N[C@H](c2ccc(F)cc2)N3)C1. The highest BCUT2D eigenvalue weighted by Gasteiger charge is 2.35. The lowest BCUT2D eigenvalue weighted by Crippen LogP contribution is -3.14. The molecule has 1 amide bonds. The Morgan fingerprint density at radius 1 is 1.25 bits per heavy atom. The molecule has 2 aliphatic heterocycles. The van der Waals surface area contributed by atoms with Gasteiger partial charge in [0.05, 0.1) is 23.0 Å². The van der Waals surface area contributed by atoms with Crippen LogP contribution in [0.3, 0.4) is 0 Å². The summed E-state index contributed by atoms with van der Waals surface area (Å²) in [6.45, 7) is 6.54. The van der Waals surface area contributed by atoms with Crippen LogP contribution < -0.4 is 15.5 Å². The van der Waals surface area contributed by atoms with Crippen molar-refractivity contribution in [3.05, 3.63) is 51.7 Å². The maximum atomic E-state index is 13.1. The largest absolute Gasteiger partial charge is 0.353 e. The molecule has 2 aromatic rings. The number of benzene rings is 1. The first-order valence-electron chi connectivity index (χ1n) is 8.35. The van der Waals surface area contributed by atoms with Crippen LogP contribution in [0.25, 0.3) is 0 Å². The molecule has 2 atom stereocenters. The first-order valence-corrected chi connectivity index (χ1v) is 9.16. The first kappa shape index (κ1) is 15.6. The quantitative estimate of drug-likeness (QED) is 0.780. The average molecular weight is 346 g/mol. The summed E-state index contributed by atoms with van der Waals surface area (Å²) in [6.07, 6.45) is 0.643. The summed E-state index contributed by atoms with van der Waals surface area (Å²) < 4.78 is 13.1. The number of rotatable bonds is 2. The van der Waals surface area contributed by atoms with Gasteiger partial charge >= 0.3 is 0 Å². The Bertz CT molecular complexity index is 784. The van der Waals surface area contributed by atoms with E-state index in [4.69, 9.17) is 0 Å². The van der Waals surface area contributed by atoms with Crippen LogP contribution in [0, 0.1) is 5.82 Å². The number of quaternary nitrogens is 1. The maximum Gasteiger partial charge on any atom is 0.256 e. The van der Waals surface area contributed by atoms with Crippen molar-refractivity contribution in [1.82, 2.24) is 5.32 Å². The molecule has 1 aromatic carbocycles. The van der Waals surface area contributed by atoms with E-state index in [1.165, 1.54) is 22.6 Å². The summed E-state index contributed by atoms with van der Waals surface area (Å²) in [5.74, 6) is -0.298.